The number of anilines is 3. The number of rotatable bonds is 5. The summed E-state index contributed by atoms with van der Waals surface area (Å²) in [7, 11) is 0. The Labute approximate surface area is 148 Å². The van der Waals surface area contributed by atoms with Gasteiger partial charge in [0, 0.05) is 18.4 Å². The van der Waals surface area contributed by atoms with Crippen LogP contribution in [0.25, 0.3) is 0 Å². The first kappa shape index (κ1) is 16.9. The summed E-state index contributed by atoms with van der Waals surface area (Å²) in [6, 6.07) is 4.92. The third-order valence-electron chi connectivity index (χ3n) is 3.71. The van der Waals surface area contributed by atoms with Crippen molar-refractivity contribution in [2.45, 2.75) is 19.4 Å². The van der Waals surface area contributed by atoms with E-state index in [2.05, 4.69) is 43.1 Å². The van der Waals surface area contributed by atoms with E-state index in [0.29, 0.717) is 36.2 Å². The Balaban J connectivity index is 1.68. The molecule has 5 nitrogen and oxygen atoms in total. The van der Waals surface area contributed by atoms with E-state index in [1.54, 1.807) is 25.3 Å². The first-order valence-corrected chi connectivity index (χ1v) is 8.38. The zero-order chi connectivity index (χ0) is 17.1. The van der Waals surface area contributed by atoms with E-state index in [9.17, 15) is 4.39 Å². The maximum atomic E-state index is 13.6. The minimum absolute atomic E-state index is 0.0990. The zero-order valence-corrected chi connectivity index (χ0v) is 14.9. The lowest BCUT2D eigenvalue weighted by molar-refractivity contribution is 0.123. The minimum atomic E-state index is -0.269. The van der Waals surface area contributed by atoms with Gasteiger partial charge in [-0.15, -0.1) is 0 Å². The van der Waals surface area contributed by atoms with E-state index in [4.69, 9.17) is 4.74 Å². The van der Waals surface area contributed by atoms with Crippen molar-refractivity contribution in [2.24, 2.45) is 0 Å². The van der Waals surface area contributed by atoms with Gasteiger partial charge >= 0.3 is 0 Å². The van der Waals surface area contributed by atoms with Crippen molar-refractivity contribution in [1.29, 1.82) is 0 Å². The van der Waals surface area contributed by atoms with Gasteiger partial charge in [-0.3, -0.25) is 0 Å². The first-order valence-electron chi connectivity index (χ1n) is 7.59. The molecule has 1 unspecified atom stereocenters. The molecule has 0 bridgehead atoms. The summed E-state index contributed by atoms with van der Waals surface area (Å²) in [5.41, 5.74) is 2.30. The SMILES string of the molecule is C=C1COC(CNc2nc(Nc3ccc(C)c(F)c3)ncc2Br)C1. The molecule has 0 amide bonds. The summed E-state index contributed by atoms with van der Waals surface area (Å²) in [6.07, 6.45) is 2.60. The molecule has 7 heteroatoms. The molecule has 24 heavy (non-hydrogen) atoms. The van der Waals surface area contributed by atoms with Crippen LogP contribution >= 0.6 is 15.9 Å². The quantitative estimate of drug-likeness (QED) is 0.747. The number of ether oxygens (including phenoxy) is 1. The van der Waals surface area contributed by atoms with Crippen LogP contribution in [0.3, 0.4) is 0 Å². The Morgan fingerprint density at radius 1 is 1.46 bits per heavy atom. The molecule has 1 aliphatic rings. The largest absolute Gasteiger partial charge is 0.372 e. The van der Waals surface area contributed by atoms with Gasteiger partial charge in [0.25, 0.3) is 0 Å². The Kier molecular flexibility index (Phi) is 5.11. The van der Waals surface area contributed by atoms with Gasteiger partial charge in [-0.1, -0.05) is 12.6 Å². The fraction of sp³-hybridized carbons (Fsp3) is 0.294. The third kappa shape index (κ3) is 4.10. The van der Waals surface area contributed by atoms with Gasteiger partial charge in [-0.25, -0.2) is 9.37 Å². The van der Waals surface area contributed by atoms with Crippen molar-refractivity contribution < 1.29 is 9.13 Å². The maximum absolute atomic E-state index is 13.6. The predicted octanol–water partition coefficient (Wildman–Crippen LogP) is 4.19. The summed E-state index contributed by atoms with van der Waals surface area (Å²) in [5, 5.41) is 6.25. The van der Waals surface area contributed by atoms with Crippen LogP contribution in [0.2, 0.25) is 0 Å². The van der Waals surface area contributed by atoms with Gasteiger partial charge in [-0.2, -0.15) is 4.98 Å². The number of hydrogen-bond acceptors (Lipinski definition) is 5. The Hall–Kier alpha value is -1.99. The molecule has 0 saturated carbocycles. The van der Waals surface area contributed by atoms with Gasteiger partial charge in [0.1, 0.15) is 11.6 Å². The smallest absolute Gasteiger partial charge is 0.229 e. The van der Waals surface area contributed by atoms with Gasteiger partial charge in [0.05, 0.1) is 17.2 Å². The van der Waals surface area contributed by atoms with Gasteiger partial charge in [0.15, 0.2) is 0 Å². The molecule has 3 rings (SSSR count). The molecule has 0 aliphatic carbocycles. The average Bonchev–Trinajstić information content (AvgIpc) is 2.97. The second-order valence-corrected chi connectivity index (χ2v) is 6.60. The molecule has 1 atom stereocenters. The lowest BCUT2D eigenvalue weighted by atomic mass is 10.2. The van der Waals surface area contributed by atoms with Gasteiger partial charge < -0.3 is 15.4 Å². The number of benzene rings is 1. The molecule has 1 aliphatic heterocycles. The van der Waals surface area contributed by atoms with Gasteiger partial charge in [0.2, 0.25) is 5.95 Å². The van der Waals surface area contributed by atoms with Crippen molar-refractivity contribution in [2.75, 3.05) is 23.8 Å². The molecule has 1 saturated heterocycles. The number of aryl methyl sites for hydroxylation is 1. The molecule has 1 fully saturated rings. The molecule has 0 spiro atoms. The normalized spacial score (nSPS) is 17.1. The third-order valence-corrected chi connectivity index (χ3v) is 4.29. The highest BCUT2D eigenvalue weighted by molar-refractivity contribution is 9.10. The Morgan fingerprint density at radius 2 is 2.29 bits per heavy atom. The lowest BCUT2D eigenvalue weighted by Crippen LogP contribution is -2.19. The minimum Gasteiger partial charge on any atom is -0.372 e. The summed E-state index contributed by atoms with van der Waals surface area (Å²) in [5.74, 6) is 0.774. The second-order valence-electron chi connectivity index (χ2n) is 5.75. The van der Waals surface area contributed by atoms with E-state index >= 15 is 0 Å². The fourth-order valence-electron chi connectivity index (χ4n) is 2.37. The molecule has 2 N–H and O–H groups in total. The van der Waals surface area contributed by atoms with Crippen molar-refractivity contribution >= 4 is 33.4 Å². The van der Waals surface area contributed by atoms with Crippen molar-refractivity contribution in [3.63, 3.8) is 0 Å². The Bertz CT molecular complexity index is 768. The molecule has 2 aromatic rings. The molecule has 126 valence electrons. The van der Waals surface area contributed by atoms with Crippen LogP contribution in [0, 0.1) is 12.7 Å². The molecule has 2 heterocycles. The second kappa shape index (κ2) is 7.27. The van der Waals surface area contributed by atoms with E-state index < -0.39 is 0 Å². The van der Waals surface area contributed by atoms with E-state index in [-0.39, 0.29) is 11.9 Å². The molecule has 1 aromatic carbocycles. The summed E-state index contributed by atoms with van der Waals surface area (Å²) in [6.45, 7) is 6.89. The summed E-state index contributed by atoms with van der Waals surface area (Å²) < 4.78 is 20.0. The fourth-order valence-corrected chi connectivity index (χ4v) is 2.70. The van der Waals surface area contributed by atoms with E-state index in [1.165, 1.54) is 6.07 Å². The highest BCUT2D eigenvalue weighted by Crippen LogP contribution is 2.24. The number of halogens is 2. The van der Waals surface area contributed by atoms with Crippen LogP contribution in [-0.2, 0) is 4.74 Å². The molecule has 0 radical (unpaired) electrons. The van der Waals surface area contributed by atoms with Crippen molar-refractivity contribution in [1.82, 2.24) is 9.97 Å². The monoisotopic (exact) mass is 392 g/mol. The van der Waals surface area contributed by atoms with Crippen LogP contribution in [0.4, 0.5) is 21.8 Å². The highest BCUT2D eigenvalue weighted by atomic mass is 79.9. The number of hydrogen-bond donors (Lipinski definition) is 2. The topological polar surface area (TPSA) is 59.1 Å². The molecule has 1 aromatic heterocycles. The molecular weight excluding hydrogens is 375 g/mol. The summed E-state index contributed by atoms with van der Waals surface area (Å²) >= 11 is 3.42. The van der Waals surface area contributed by atoms with Crippen molar-refractivity contribution in [3.05, 3.63) is 52.4 Å². The lowest BCUT2D eigenvalue weighted by Gasteiger charge is -2.13. The number of aromatic nitrogens is 2. The standard InChI is InChI=1S/C17H18BrFN4O/c1-10-5-13(24-9-10)7-20-16-14(18)8-21-17(23-16)22-12-4-3-11(2)15(19)6-12/h3-4,6,8,13H,1,5,7,9H2,2H3,(H2,20,21,22,23). The van der Waals surface area contributed by atoms with Crippen LogP contribution in [0.15, 0.2) is 41.0 Å². The zero-order valence-electron chi connectivity index (χ0n) is 13.3. The van der Waals surface area contributed by atoms with E-state index in [0.717, 1.165) is 16.5 Å². The van der Waals surface area contributed by atoms with Gasteiger partial charge in [-0.05, 0) is 52.5 Å². The van der Waals surface area contributed by atoms with Crippen LogP contribution in [0.5, 0.6) is 0 Å². The van der Waals surface area contributed by atoms with E-state index in [1.807, 2.05) is 0 Å². The highest BCUT2D eigenvalue weighted by Gasteiger charge is 2.19. The van der Waals surface area contributed by atoms with Crippen LogP contribution in [0.1, 0.15) is 12.0 Å². The Morgan fingerprint density at radius 3 is 3.00 bits per heavy atom. The maximum Gasteiger partial charge on any atom is 0.229 e. The number of nitrogens with one attached hydrogen (secondary N) is 2. The van der Waals surface area contributed by atoms with Crippen molar-refractivity contribution in [3.8, 4) is 0 Å². The average molecular weight is 393 g/mol. The first-order chi connectivity index (χ1) is 11.5. The molecular formula is C17H18BrFN4O. The number of nitrogens with zero attached hydrogens (tertiary/aromatic N) is 2. The van der Waals surface area contributed by atoms with Crippen LogP contribution in [-0.4, -0.2) is 29.2 Å². The van der Waals surface area contributed by atoms with Crippen LogP contribution < -0.4 is 10.6 Å². The predicted molar refractivity (Wildman–Crippen MR) is 96.1 cm³/mol. The summed E-state index contributed by atoms with van der Waals surface area (Å²) in [4.78, 5) is 8.62.